The third-order valence-corrected chi connectivity index (χ3v) is 5.23. The molecular weight excluding hydrogens is 384 g/mol. The molecule has 0 radical (unpaired) electrons. The maximum atomic E-state index is 12.2. The maximum absolute atomic E-state index is 12.2. The van der Waals surface area contributed by atoms with E-state index in [1.807, 2.05) is 6.08 Å². The molecule has 1 atom stereocenters. The fourth-order valence-electron chi connectivity index (χ4n) is 3.21. The summed E-state index contributed by atoms with van der Waals surface area (Å²) >= 11 is 0. The molecule has 0 saturated carbocycles. The molecule has 30 heavy (non-hydrogen) atoms. The van der Waals surface area contributed by atoms with Gasteiger partial charge in [-0.2, -0.15) is 0 Å². The molecule has 1 heterocycles. The van der Waals surface area contributed by atoms with Gasteiger partial charge in [-0.05, 0) is 46.5 Å². The van der Waals surface area contributed by atoms with Gasteiger partial charge in [0, 0.05) is 25.2 Å². The maximum Gasteiger partial charge on any atom is 0.334 e. The Morgan fingerprint density at radius 1 is 1.10 bits per heavy atom. The van der Waals surface area contributed by atoms with Crippen LogP contribution < -0.4 is 0 Å². The molecule has 1 saturated heterocycles. The van der Waals surface area contributed by atoms with Crippen LogP contribution in [0.25, 0.3) is 0 Å². The molecule has 0 amide bonds. The fourth-order valence-corrected chi connectivity index (χ4v) is 3.21. The van der Waals surface area contributed by atoms with Crippen molar-refractivity contribution in [1.29, 1.82) is 0 Å². The van der Waals surface area contributed by atoms with Crippen molar-refractivity contribution in [3.63, 3.8) is 0 Å². The van der Waals surface area contributed by atoms with Gasteiger partial charge < -0.3 is 19.3 Å². The first kappa shape index (κ1) is 26.6. The van der Waals surface area contributed by atoms with Crippen molar-refractivity contribution >= 4 is 11.9 Å². The second kappa shape index (κ2) is 13.8. The summed E-state index contributed by atoms with van der Waals surface area (Å²) < 4.78 is 16.3. The van der Waals surface area contributed by atoms with Gasteiger partial charge in [-0.25, -0.2) is 4.79 Å². The molecule has 0 bridgehead atoms. The van der Waals surface area contributed by atoms with Gasteiger partial charge in [0.05, 0.1) is 12.0 Å². The zero-order chi connectivity index (χ0) is 22.5. The summed E-state index contributed by atoms with van der Waals surface area (Å²) in [5.74, 6) is -0.800. The summed E-state index contributed by atoms with van der Waals surface area (Å²) in [6.07, 6.45) is 12.2. The Bertz CT molecular complexity index is 548. The van der Waals surface area contributed by atoms with Crippen molar-refractivity contribution in [2.75, 3.05) is 26.4 Å². The van der Waals surface area contributed by atoms with Gasteiger partial charge in [-0.3, -0.25) is 4.79 Å². The van der Waals surface area contributed by atoms with E-state index >= 15 is 0 Å². The van der Waals surface area contributed by atoms with E-state index in [1.54, 1.807) is 20.8 Å². The Morgan fingerprint density at radius 3 is 2.37 bits per heavy atom. The Kier molecular flexibility index (Phi) is 12.3. The molecule has 6 heteroatoms. The minimum atomic E-state index is -1.15. The van der Waals surface area contributed by atoms with Crippen LogP contribution in [0.5, 0.6) is 0 Å². The van der Waals surface area contributed by atoms with Crippen LogP contribution in [-0.2, 0) is 23.8 Å². The number of esters is 2. The predicted octanol–water partition coefficient (Wildman–Crippen LogP) is 4.73. The zero-order valence-electron chi connectivity index (χ0n) is 19.5. The average molecular weight is 427 g/mol. The quantitative estimate of drug-likeness (QED) is 0.232. The second-order valence-electron chi connectivity index (χ2n) is 9.34. The molecule has 6 nitrogen and oxygen atoms in total. The first-order chi connectivity index (χ1) is 14.2. The Morgan fingerprint density at radius 2 is 1.73 bits per heavy atom. The van der Waals surface area contributed by atoms with Crippen molar-refractivity contribution in [2.24, 2.45) is 5.41 Å². The van der Waals surface area contributed by atoms with Crippen LogP contribution in [0.2, 0.25) is 0 Å². The zero-order valence-corrected chi connectivity index (χ0v) is 19.5. The largest absolute Gasteiger partial charge is 0.461 e. The van der Waals surface area contributed by atoms with E-state index < -0.39 is 17.0 Å². The molecule has 0 aromatic carbocycles. The van der Waals surface area contributed by atoms with Crippen molar-refractivity contribution in [3.8, 4) is 0 Å². The Labute approximate surface area is 182 Å². The van der Waals surface area contributed by atoms with E-state index in [2.05, 4.69) is 6.92 Å². The van der Waals surface area contributed by atoms with Gasteiger partial charge in [0.15, 0.2) is 5.60 Å². The lowest BCUT2D eigenvalue weighted by Gasteiger charge is -2.26. The molecule has 0 aliphatic carbocycles. The summed E-state index contributed by atoms with van der Waals surface area (Å²) in [6.45, 7) is 8.70. The highest BCUT2D eigenvalue weighted by Gasteiger charge is 2.45. The number of rotatable bonds is 15. The first-order valence-corrected chi connectivity index (χ1v) is 11.5. The fraction of sp³-hybridized carbons (Fsp3) is 0.833. The number of carbonyl (C=O) groups is 2. The van der Waals surface area contributed by atoms with Crippen molar-refractivity contribution in [2.45, 2.75) is 97.5 Å². The van der Waals surface area contributed by atoms with Gasteiger partial charge in [-0.1, -0.05) is 45.1 Å². The van der Waals surface area contributed by atoms with E-state index in [9.17, 15) is 14.7 Å². The molecule has 1 N–H and O–H groups in total. The summed E-state index contributed by atoms with van der Waals surface area (Å²) in [4.78, 5) is 24.1. The highest BCUT2D eigenvalue weighted by atomic mass is 16.6. The monoisotopic (exact) mass is 426 g/mol. The molecule has 1 unspecified atom stereocenters. The molecule has 1 fully saturated rings. The van der Waals surface area contributed by atoms with Crippen LogP contribution in [0.15, 0.2) is 11.6 Å². The minimum absolute atomic E-state index is 0.122. The van der Waals surface area contributed by atoms with Crippen LogP contribution in [0.4, 0.5) is 0 Å². The predicted molar refractivity (Wildman–Crippen MR) is 117 cm³/mol. The van der Waals surface area contributed by atoms with E-state index in [0.29, 0.717) is 5.57 Å². The van der Waals surface area contributed by atoms with Crippen molar-refractivity contribution in [3.05, 3.63) is 11.6 Å². The number of aliphatic hydroxyl groups is 1. The standard InChI is InChI=1S/C24H42O6/c1-5-6-12-15-28-16-13-10-8-7-9-11-14-20-17-24(18-25,30-21(20)26)19-29-22(27)23(2,3)4/h14,25H,5-13,15-19H2,1-4H3/b20-14+. The molecule has 0 spiro atoms. The van der Waals surface area contributed by atoms with Gasteiger partial charge in [0.2, 0.25) is 0 Å². The minimum Gasteiger partial charge on any atom is -0.461 e. The molecule has 0 aromatic rings. The highest BCUT2D eigenvalue weighted by Crippen LogP contribution is 2.32. The smallest absolute Gasteiger partial charge is 0.334 e. The van der Waals surface area contributed by atoms with E-state index in [-0.39, 0.29) is 25.6 Å². The normalized spacial score (nSPS) is 20.6. The topological polar surface area (TPSA) is 82.1 Å². The number of unbranched alkanes of at least 4 members (excludes halogenated alkanes) is 7. The van der Waals surface area contributed by atoms with Gasteiger partial charge >= 0.3 is 11.9 Å². The van der Waals surface area contributed by atoms with Crippen molar-refractivity contribution in [1.82, 2.24) is 0 Å². The number of allylic oxidation sites excluding steroid dienone is 1. The van der Waals surface area contributed by atoms with Crippen LogP contribution in [-0.4, -0.2) is 49.1 Å². The second-order valence-corrected chi connectivity index (χ2v) is 9.34. The molecule has 0 aromatic heterocycles. The van der Waals surface area contributed by atoms with Crippen LogP contribution in [0.3, 0.4) is 0 Å². The third kappa shape index (κ3) is 10.1. The Balaban J connectivity index is 2.23. The van der Waals surface area contributed by atoms with Crippen molar-refractivity contribution < 1.29 is 28.9 Å². The van der Waals surface area contributed by atoms with Gasteiger partial charge in [0.25, 0.3) is 0 Å². The average Bonchev–Trinajstić information content (AvgIpc) is 3.02. The Hall–Kier alpha value is -1.40. The molecular formula is C24H42O6. The van der Waals surface area contributed by atoms with E-state index in [0.717, 1.165) is 51.7 Å². The molecule has 174 valence electrons. The number of carbonyl (C=O) groups excluding carboxylic acids is 2. The number of ether oxygens (including phenoxy) is 3. The lowest BCUT2D eigenvalue weighted by molar-refractivity contribution is -0.171. The van der Waals surface area contributed by atoms with Gasteiger partial charge in [-0.15, -0.1) is 0 Å². The third-order valence-electron chi connectivity index (χ3n) is 5.23. The van der Waals surface area contributed by atoms with E-state index in [4.69, 9.17) is 14.2 Å². The summed E-state index contributed by atoms with van der Waals surface area (Å²) in [5, 5.41) is 9.73. The number of hydrogen-bond acceptors (Lipinski definition) is 6. The summed E-state index contributed by atoms with van der Waals surface area (Å²) in [7, 11) is 0. The number of cyclic esters (lactones) is 1. The lowest BCUT2D eigenvalue weighted by Crippen LogP contribution is -2.40. The van der Waals surface area contributed by atoms with Gasteiger partial charge in [0.1, 0.15) is 6.61 Å². The van der Waals surface area contributed by atoms with E-state index in [1.165, 1.54) is 19.3 Å². The first-order valence-electron chi connectivity index (χ1n) is 11.5. The molecule has 1 aliphatic rings. The number of aliphatic hydroxyl groups excluding tert-OH is 1. The lowest BCUT2D eigenvalue weighted by atomic mass is 9.96. The SMILES string of the molecule is CCCCCOCCCCCCC/C=C1\CC(CO)(COC(=O)C(C)(C)C)OC1=O. The van der Waals surface area contributed by atoms with Crippen LogP contribution >= 0.6 is 0 Å². The molecule has 1 rings (SSSR count). The van der Waals surface area contributed by atoms with Crippen LogP contribution in [0.1, 0.15) is 91.9 Å². The molecule has 1 aliphatic heterocycles. The number of hydrogen-bond donors (Lipinski definition) is 1. The highest BCUT2D eigenvalue weighted by molar-refractivity contribution is 5.91. The summed E-state index contributed by atoms with van der Waals surface area (Å²) in [5.41, 5.74) is -1.23. The summed E-state index contributed by atoms with van der Waals surface area (Å²) in [6, 6.07) is 0. The van der Waals surface area contributed by atoms with Crippen LogP contribution in [0, 0.1) is 5.41 Å².